The summed E-state index contributed by atoms with van der Waals surface area (Å²) in [6, 6.07) is 6.74. The van der Waals surface area contributed by atoms with Crippen LogP contribution in [0.2, 0.25) is 0 Å². The first-order valence-electron chi connectivity index (χ1n) is 6.06. The summed E-state index contributed by atoms with van der Waals surface area (Å²) in [4.78, 5) is 2.44. The average molecular weight is 219 g/mol. The predicted octanol–water partition coefficient (Wildman–Crippen LogP) is 0.906. The molecular formula is C13H21N3. The highest BCUT2D eigenvalue weighted by atomic mass is 15.2. The maximum absolute atomic E-state index is 5.59. The number of hydrogen-bond acceptors (Lipinski definition) is 3. The third-order valence-corrected chi connectivity index (χ3v) is 3.22. The number of nitrogens with one attached hydrogen (secondary N) is 1. The van der Waals surface area contributed by atoms with E-state index in [2.05, 4.69) is 35.3 Å². The number of rotatable bonds is 3. The van der Waals surface area contributed by atoms with Crippen LogP contribution in [0, 0.1) is 6.92 Å². The predicted molar refractivity (Wildman–Crippen MR) is 69.0 cm³/mol. The molecule has 0 saturated carbocycles. The summed E-state index contributed by atoms with van der Waals surface area (Å²) in [7, 11) is 0. The second kappa shape index (κ2) is 5.32. The van der Waals surface area contributed by atoms with E-state index in [0.717, 1.165) is 39.1 Å². The highest BCUT2D eigenvalue weighted by molar-refractivity contribution is 5.51. The molecule has 1 aliphatic rings. The lowest BCUT2D eigenvalue weighted by molar-refractivity contribution is 0.589. The normalized spacial score (nSPS) is 16.5. The molecule has 0 aliphatic carbocycles. The number of hydrogen-bond donors (Lipinski definition) is 2. The molecule has 16 heavy (non-hydrogen) atoms. The number of nitrogens with two attached hydrogens (primary N) is 1. The van der Waals surface area contributed by atoms with Gasteiger partial charge in [-0.15, -0.1) is 0 Å². The van der Waals surface area contributed by atoms with E-state index in [9.17, 15) is 0 Å². The lowest BCUT2D eigenvalue weighted by Gasteiger charge is -2.30. The van der Waals surface area contributed by atoms with Crippen LogP contribution in [0.1, 0.15) is 11.1 Å². The fourth-order valence-electron chi connectivity index (χ4n) is 2.24. The molecule has 1 fully saturated rings. The zero-order valence-corrected chi connectivity index (χ0v) is 10.00. The fourth-order valence-corrected chi connectivity index (χ4v) is 2.24. The third kappa shape index (κ3) is 2.54. The van der Waals surface area contributed by atoms with Gasteiger partial charge in [0.15, 0.2) is 0 Å². The molecule has 88 valence electrons. The van der Waals surface area contributed by atoms with Crippen molar-refractivity contribution in [3.63, 3.8) is 0 Å². The topological polar surface area (TPSA) is 41.3 Å². The second-order valence-corrected chi connectivity index (χ2v) is 4.39. The molecule has 1 aromatic rings. The number of benzene rings is 1. The summed E-state index contributed by atoms with van der Waals surface area (Å²) in [5, 5.41) is 3.37. The molecule has 1 aromatic carbocycles. The van der Waals surface area contributed by atoms with Crippen LogP contribution < -0.4 is 16.0 Å². The maximum Gasteiger partial charge on any atom is 0.0369 e. The molecule has 3 heteroatoms. The molecule has 1 saturated heterocycles. The Morgan fingerprint density at radius 2 is 2.06 bits per heavy atom. The van der Waals surface area contributed by atoms with Crippen LogP contribution in [0.3, 0.4) is 0 Å². The molecule has 1 heterocycles. The van der Waals surface area contributed by atoms with E-state index in [-0.39, 0.29) is 0 Å². The molecule has 0 spiro atoms. The lowest BCUT2D eigenvalue weighted by Crippen LogP contribution is -2.43. The van der Waals surface area contributed by atoms with Crippen LogP contribution in [0.5, 0.6) is 0 Å². The number of aryl methyl sites for hydroxylation is 1. The fraction of sp³-hybridized carbons (Fsp3) is 0.538. The Morgan fingerprint density at radius 1 is 1.31 bits per heavy atom. The van der Waals surface area contributed by atoms with Crippen molar-refractivity contribution in [2.45, 2.75) is 13.3 Å². The van der Waals surface area contributed by atoms with Crippen molar-refractivity contribution in [1.82, 2.24) is 5.32 Å². The van der Waals surface area contributed by atoms with Crippen LogP contribution in [-0.2, 0) is 6.42 Å². The Kier molecular flexibility index (Phi) is 3.80. The van der Waals surface area contributed by atoms with Gasteiger partial charge in [0.1, 0.15) is 0 Å². The van der Waals surface area contributed by atoms with E-state index in [1.54, 1.807) is 0 Å². The van der Waals surface area contributed by atoms with Gasteiger partial charge in [-0.3, -0.25) is 0 Å². The molecule has 0 amide bonds. The first-order valence-corrected chi connectivity index (χ1v) is 6.06. The maximum atomic E-state index is 5.59. The van der Waals surface area contributed by atoms with E-state index < -0.39 is 0 Å². The van der Waals surface area contributed by atoms with Gasteiger partial charge in [-0.25, -0.2) is 0 Å². The van der Waals surface area contributed by atoms with Crippen LogP contribution in [0.4, 0.5) is 5.69 Å². The Bertz CT molecular complexity index is 343. The van der Waals surface area contributed by atoms with E-state index >= 15 is 0 Å². The highest BCUT2D eigenvalue weighted by Crippen LogP contribution is 2.19. The molecule has 0 unspecified atom stereocenters. The minimum atomic E-state index is 0.730. The van der Waals surface area contributed by atoms with Gasteiger partial charge in [-0.05, 0) is 43.1 Å². The smallest absolute Gasteiger partial charge is 0.0369 e. The molecule has 3 N–H and O–H groups in total. The first kappa shape index (κ1) is 11.4. The molecular weight excluding hydrogens is 198 g/mol. The summed E-state index contributed by atoms with van der Waals surface area (Å²) in [6.07, 6.45) is 0.980. The van der Waals surface area contributed by atoms with Gasteiger partial charge >= 0.3 is 0 Å². The van der Waals surface area contributed by atoms with E-state index in [1.807, 2.05) is 0 Å². The lowest BCUT2D eigenvalue weighted by atomic mass is 10.0. The summed E-state index contributed by atoms with van der Waals surface area (Å²) >= 11 is 0. The van der Waals surface area contributed by atoms with E-state index in [0.29, 0.717) is 0 Å². The van der Waals surface area contributed by atoms with Gasteiger partial charge in [0.2, 0.25) is 0 Å². The zero-order chi connectivity index (χ0) is 11.4. The van der Waals surface area contributed by atoms with Crippen molar-refractivity contribution in [3.05, 3.63) is 29.3 Å². The minimum Gasteiger partial charge on any atom is -0.369 e. The van der Waals surface area contributed by atoms with Crippen molar-refractivity contribution in [2.24, 2.45) is 5.73 Å². The SMILES string of the molecule is Cc1cc(N2CCNCC2)ccc1CCN. The van der Waals surface area contributed by atoms with Gasteiger partial charge in [-0.2, -0.15) is 0 Å². The largest absolute Gasteiger partial charge is 0.369 e. The van der Waals surface area contributed by atoms with Crippen molar-refractivity contribution in [3.8, 4) is 0 Å². The monoisotopic (exact) mass is 219 g/mol. The Labute approximate surface area is 97.6 Å². The highest BCUT2D eigenvalue weighted by Gasteiger charge is 2.10. The second-order valence-electron chi connectivity index (χ2n) is 4.39. The van der Waals surface area contributed by atoms with Crippen molar-refractivity contribution in [2.75, 3.05) is 37.6 Å². The van der Waals surface area contributed by atoms with Gasteiger partial charge in [0.05, 0.1) is 0 Å². The third-order valence-electron chi connectivity index (χ3n) is 3.22. The molecule has 0 bridgehead atoms. The van der Waals surface area contributed by atoms with Gasteiger partial charge in [0.25, 0.3) is 0 Å². The minimum absolute atomic E-state index is 0.730. The van der Waals surface area contributed by atoms with Crippen LogP contribution >= 0.6 is 0 Å². The number of piperazine rings is 1. The average Bonchev–Trinajstić information content (AvgIpc) is 2.33. The quantitative estimate of drug-likeness (QED) is 0.794. The molecule has 2 rings (SSSR count). The zero-order valence-electron chi connectivity index (χ0n) is 10.00. The van der Waals surface area contributed by atoms with E-state index in [4.69, 9.17) is 5.73 Å². The van der Waals surface area contributed by atoms with E-state index in [1.165, 1.54) is 16.8 Å². The summed E-state index contributed by atoms with van der Waals surface area (Å²) in [6.45, 7) is 7.29. The van der Waals surface area contributed by atoms with Gasteiger partial charge in [-0.1, -0.05) is 6.07 Å². The standard InChI is InChI=1S/C13H21N3/c1-11-10-13(3-2-12(11)4-5-14)16-8-6-15-7-9-16/h2-3,10,15H,4-9,14H2,1H3. The van der Waals surface area contributed by atoms with Crippen LogP contribution in [-0.4, -0.2) is 32.7 Å². The molecule has 1 aliphatic heterocycles. The van der Waals surface area contributed by atoms with Crippen LogP contribution in [0.15, 0.2) is 18.2 Å². The van der Waals surface area contributed by atoms with Crippen molar-refractivity contribution >= 4 is 5.69 Å². The molecule has 0 radical (unpaired) electrons. The molecule has 0 atom stereocenters. The van der Waals surface area contributed by atoms with Crippen molar-refractivity contribution in [1.29, 1.82) is 0 Å². The summed E-state index contributed by atoms with van der Waals surface area (Å²) in [5.41, 5.74) is 9.68. The van der Waals surface area contributed by atoms with Gasteiger partial charge < -0.3 is 16.0 Å². The van der Waals surface area contributed by atoms with Crippen molar-refractivity contribution < 1.29 is 0 Å². The Morgan fingerprint density at radius 3 is 2.69 bits per heavy atom. The molecule has 3 nitrogen and oxygen atoms in total. The molecule has 0 aromatic heterocycles. The van der Waals surface area contributed by atoms with Crippen LogP contribution in [0.25, 0.3) is 0 Å². The Hall–Kier alpha value is -1.06. The summed E-state index contributed by atoms with van der Waals surface area (Å²) in [5.74, 6) is 0. The number of anilines is 1. The Balaban J connectivity index is 2.13. The first-order chi connectivity index (χ1) is 7.81. The number of nitrogens with zero attached hydrogens (tertiary/aromatic N) is 1. The van der Waals surface area contributed by atoms with Gasteiger partial charge in [0, 0.05) is 31.9 Å². The summed E-state index contributed by atoms with van der Waals surface area (Å²) < 4.78 is 0.